The number of esters is 1. The summed E-state index contributed by atoms with van der Waals surface area (Å²) in [6, 6.07) is 16.5. The van der Waals surface area contributed by atoms with Gasteiger partial charge in [-0.15, -0.1) is 0 Å². The Morgan fingerprint density at radius 1 is 0.850 bits per heavy atom. The molecular formula is C34H39NO5. The van der Waals surface area contributed by atoms with Crippen LogP contribution in [0.15, 0.2) is 54.6 Å². The second-order valence-corrected chi connectivity index (χ2v) is 13.7. The number of hydrogen-bond acceptors (Lipinski definition) is 5. The maximum Gasteiger partial charge on any atom is 0.338 e. The molecule has 0 radical (unpaired) electrons. The van der Waals surface area contributed by atoms with Gasteiger partial charge in [-0.2, -0.15) is 0 Å². The summed E-state index contributed by atoms with van der Waals surface area (Å²) < 4.78 is 6.18. The molecule has 40 heavy (non-hydrogen) atoms. The molecular weight excluding hydrogens is 502 g/mol. The van der Waals surface area contributed by atoms with E-state index in [1.165, 1.54) is 0 Å². The fourth-order valence-corrected chi connectivity index (χ4v) is 10.2. The largest absolute Gasteiger partial charge is 0.458 e. The standard InChI is InChI=1S/C34H39NO5/c1-32-19-17-27(36)29(34(39)24-10-6-7-11-26(24)35-31(34)38)25(32)13-12-21-22-14-15-28(33(22,2)18-16-23(21)32)40-30(37)20-8-4-3-5-9-20/h3-11,21-23,25,28-29,39H,12-19H2,1-2H3,(H,35,38)/t21-,22-,23-,25-,28-,29?,32+,33-,34?/m0/s1. The van der Waals surface area contributed by atoms with Crippen LogP contribution in [-0.2, 0) is 19.9 Å². The van der Waals surface area contributed by atoms with Crippen molar-refractivity contribution in [3.05, 3.63) is 65.7 Å². The Morgan fingerprint density at radius 3 is 2.35 bits per heavy atom. The summed E-state index contributed by atoms with van der Waals surface area (Å²) in [6.45, 7) is 4.66. The van der Waals surface area contributed by atoms with E-state index < -0.39 is 17.4 Å². The van der Waals surface area contributed by atoms with Gasteiger partial charge >= 0.3 is 5.97 Å². The van der Waals surface area contributed by atoms with E-state index in [4.69, 9.17) is 4.74 Å². The van der Waals surface area contributed by atoms with Crippen molar-refractivity contribution in [3.8, 4) is 0 Å². The number of amides is 1. The Bertz CT molecular complexity index is 1370. The minimum atomic E-state index is -1.82. The van der Waals surface area contributed by atoms with E-state index in [2.05, 4.69) is 19.2 Å². The summed E-state index contributed by atoms with van der Waals surface area (Å²) in [5.74, 6) is -0.0742. The van der Waals surface area contributed by atoms with Gasteiger partial charge in [0.1, 0.15) is 11.9 Å². The molecule has 1 heterocycles. The molecule has 0 spiro atoms. The molecule has 1 aliphatic heterocycles. The lowest BCUT2D eigenvalue weighted by molar-refractivity contribution is -0.182. The Labute approximate surface area is 235 Å². The highest BCUT2D eigenvalue weighted by molar-refractivity contribution is 6.08. The number of hydrogen-bond donors (Lipinski definition) is 2. The zero-order chi connectivity index (χ0) is 27.9. The number of ketones is 1. The molecule has 0 aromatic heterocycles. The number of nitrogens with one attached hydrogen (secondary N) is 1. The topological polar surface area (TPSA) is 92.7 Å². The fourth-order valence-electron chi connectivity index (χ4n) is 10.2. The maximum atomic E-state index is 13.6. The van der Waals surface area contributed by atoms with Crippen LogP contribution in [0, 0.1) is 40.4 Å². The summed E-state index contributed by atoms with van der Waals surface area (Å²) in [5.41, 5.74) is -0.250. The van der Waals surface area contributed by atoms with Gasteiger partial charge in [-0.05, 0) is 92.2 Å². The SMILES string of the molecule is C[C@]12CCC(=O)C(C3(O)C(=O)Nc4ccccc43)[C@@H]1CC[C@@H]1[C@@H]2CC[C@]2(C)[C@@H](OC(=O)c3ccccc3)CC[C@@H]12. The molecule has 9 atom stereocenters. The molecule has 0 saturated heterocycles. The van der Waals surface area contributed by atoms with Crippen LogP contribution in [0.2, 0.25) is 0 Å². The van der Waals surface area contributed by atoms with Crippen LogP contribution in [0.5, 0.6) is 0 Å². The van der Waals surface area contributed by atoms with Crippen LogP contribution < -0.4 is 5.32 Å². The second kappa shape index (κ2) is 9.01. The van der Waals surface area contributed by atoms with Crippen molar-refractivity contribution >= 4 is 23.3 Å². The Kier molecular flexibility index (Phi) is 5.84. The number of carbonyl (C=O) groups is 3. The summed E-state index contributed by atoms with van der Waals surface area (Å²) in [4.78, 5) is 39.9. The lowest BCUT2D eigenvalue weighted by atomic mass is 9.42. The first-order chi connectivity index (χ1) is 19.2. The first-order valence-electron chi connectivity index (χ1n) is 15.1. The zero-order valence-corrected chi connectivity index (χ0v) is 23.4. The Hall–Kier alpha value is -2.99. The molecule has 6 heteroatoms. The molecule has 210 valence electrons. The number of rotatable bonds is 3. The minimum Gasteiger partial charge on any atom is -0.458 e. The average molecular weight is 542 g/mol. The molecule has 2 N–H and O–H groups in total. The van der Waals surface area contributed by atoms with E-state index in [9.17, 15) is 19.5 Å². The number of Topliss-reactive ketones (excluding diaryl/α,β-unsaturated/α-hetero) is 1. The van der Waals surface area contributed by atoms with Crippen molar-refractivity contribution in [2.45, 2.75) is 76.9 Å². The molecule has 0 bridgehead atoms. The quantitative estimate of drug-likeness (QED) is 0.473. The first kappa shape index (κ1) is 25.9. The number of anilines is 1. The van der Waals surface area contributed by atoms with E-state index in [-0.39, 0.29) is 34.6 Å². The Morgan fingerprint density at radius 2 is 1.55 bits per heavy atom. The first-order valence-corrected chi connectivity index (χ1v) is 15.1. The van der Waals surface area contributed by atoms with Crippen molar-refractivity contribution in [2.24, 2.45) is 40.4 Å². The monoisotopic (exact) mass is 541 g/mol. The molecule has 4 aliphatic carbocycles. The van der Waals surface area contributed by atoms with E-state index in [1.807, 2.05) is 42.5 Å². The smallest absolute Gasteiger partial charge is 0.338 e. The zero-order valence-electron chi connectivity index (χ0n) is 23.4. The average Bonchev–Trinajstić information content (AvgIpc) is 3.42. The van der Waals surface area contributed by atoms with Crippen LogP contribution in [0.3, 0.4) is 0 Å². The second-order valence-electron chi connectivity index (χ2n) is 13.7. The van der Waals surface area contributed by atoms with Gasteiger partial charge in [0.05, 0.1) is 11.5 Å². The van der Waals surface area contributed by atoms with Crippen LogP contribution in [0.1, 0.15) is 81.1 Å². The van der Waals surface area contributed by atoms with Crippen molar-refractivity contribution in [3.63, 3.8) is 0 Å². The summed E-state index contributed by atoms with van der Waals surface area (Å²) >= 11 is 0. The summed E-state index contributed by atoms with van der Waals surface area (Å²) in [5, 5.41) is 14.9. The Balaban J connectivity index is 1.16. The van der Waals surface area contributed by atoms with E-state index in [0.29, 0.717) is 41.0 Å². The number of ether oxygens (including phenoxy) is 1. The van der Waals surface area contributed by atoms with Crippen LogP contribution in [-0.4, -0.2) is 28.9 Å². The van der Waals surface area contributed by atoms with E-state index >= 15 is 0 Å². The third kappa shape index (κ3) is 3.47. The summed E-state index contributed by atoms with van der Waals surface area (Å²) in [7, 11) is 0. The van der Waals surface area contributed by atoms with Crippen LogP contribution in [0.4, 0.5) is 5.69 Å². The van der Waals surface area contributed by atoms with Crippen LogP contribution >= 0.6 is 0 Å². The highest BCUT2D eigenvalue weighted by atomic mass is 16.5. The van der Waals surface area contributed by atoms with Gasteiger partial charge in [0.2, 0.25) is 0 Å². The van der Waals surface area contributed by atoms with Crippen molar-refractivity contribution in [1.29, 1.82) is 0 Å². The van der Waals surface area contributed by atoms with E-state index in [0.717, 1.165) is 44.9 Å². The third-order valence-corrected chi connectivity index (χ3v) is 12.2. The number of fused-ring (bicyclic) bond motifs is 6. The fraction of sp³-hybridized carbons (Fsp3) is 0.559. The normalized spacial score (nSPS) is 41.8. The highest BCUT2D eigenvalue weighted by Gasteiger charge is 2.66. The molecule has 5 aliphatic rings. The van der Waals surface area contributed by atoms with Gasteiger partial charge in [0, 0.05) is 23.1 Å². The third-order valence-electron chi connectivity index (χ3n) is 12.2. The van der Waals surface area contributed by atoms with Crippen molar-refractivity contribution in [1.82, 2.24) is 0 Å². The molecule has 2 aromatic rings. The molecule has 4 fully saturated rings. The predicted molar refractivity (Wildman–Crippen MR) is 150 cm³/mol. The van der Waals surface area contributed by atoms with E-state index in [1.54, 1.807) is 12.1 Å². The molecule has 6 nitrogen and oxygen atoms in total. The molecule has 2 unspecified atom stereocenters. The van der Waals surface area contributed by atoms with Crippen molar-refractivity contribution < 1.29 is 24.2 Å². The molecule has 7 rings (SSSR count). The number of carbonyl (C=O) groups excluding carboxylic acids is 3. The molecule has 1 amide bonds. The lowest BCUT2D eigenvalue weighted by Gasteiger charge is -2.62. The van der Waals surface area contributed by atoms with Gasteiger partial charge in [-0.3, -0.25) is 9.59 Å². The lowest BCUT2D eigenvalue weighted by Crippen LogP contribution is -2.61. The maximum absolute atomic E-state index is 13.6. The molecule has 2 aromatic carbocycles. The van der Waals surface area contributed by atoms with Crippen LogP contribution in [0.25, 0.3) is 0 Å². The van der Waals surface area contributed by atoms with Gasteiger partial charge < -0.3 is 15.2 Å². The van der Waals surface area contributed by atoms with Gasteiger partial charge in [-0.25, -0.2) is 4.79 Å². The highest BCUT2D eigenvalue weighted by Crippen LogP contribution is 2.68. The molecule has 4 saturated carbocycles. The van der Waals surface area contributed by atoms with Gasteiger partial charge in [0.15, 0.2) is 5.60 Å². The summed E-state index contributed by atoms with van der Waals surface area (Å²) in [6.07, 6.45) is 6.87. The number of aliphatic hydroxyl groups is 1. The number of para-hydroxylation sites is 1. The van der Waals surface area contributed by atoms with Crippen molar-refractivity contribution in [2.75, 3.05) is 5.32 Å². The van der Waals surface area contributed by atoms with Gasteiger partial charge in [0.25, 0.3) is 5.91 Å². The minimum absolute atomic E-state index is 0.0182. The number of benzene rings is 2. The van der Waals surface area contributed by atoms with Gasteiger partial charge in [-0.1, -0.05) is 50.2 Å². The predicted octanol–water partition coefficient (Wildman–Crippen LogP) is 5.89.